The van der Waals surface area contributed by atoms with Crippen LogP contribution < -0.4 is 10.1 Å². The van der Waals surface area contributed by atoms with Gasteiger partial charge in [-0.15, -0.1) is 12.4 Å². The van der Waals surface area contributed by atoms with Gasteiger partial charge < -0.3 is 10.1 Å². The van der Waals surface area contributed by atoms with Crippen molar-refractivity contribution in [2.24, 2.45) is 0 Å². The molecule has 0 heterocycles. The van der Waals surface area contributed by atoms with Crippen molar-refractivity contribution in [3.05, 3.63) is 29.8 Å². The second-order valence-corrected chi connectivity index (χ2v) is 4.76. The molecule has 110 valence electrons. The molecule has 0 aliphatic carbocycles. The van der Waals surface area contributed by atoms with Crippen molar-refractivity contribution >= 4 is 12.4 Å². The van der Waals surface area contributed by atoms with Crippen LogP contribution >= 0.6 is 12.4 Å². The topological polar surface area (TPSA) is 21.3 Å². The lowest BCUT2D eigenvalue weighted by Crippen LogP contribution is -2.15. The van der Waals surface area contributed by atoms with Crippen molar-refractivity contribution in [1.29, 1.82) is 0 Å². The highest BCUT2D eigenvalue weighted by Crippen LogP contribution is 2.16. The van der Waals surface area contributed by atoms with Gasteiger partial charge >= 0.3 is 0 Å². The number of benzene rings is 1. The van der Waals surface area contributed by atoms with Crippen LogP contribution in [-0.2, 0) is 6.54 Å². The zero-order valence-electron chi connectivity index (χ0n) is 12.3. The van der Waals surface area contributed by atoms with Gasteiger partial charge in [-0.3, -0.25) is 0 Å². The summed E-state index contributed by atoms with van der Waals surface area (Å²) in [5.74, 6) is 0.980. The summed E-state index contributed by atoms with van der Waals surface area (Å²) in [4.78, 5) is 0. The van der Waals surface area contributed by atoms with E-state index >= 15 is 0 Å². The third kappa shape index (κ3) is 8.12. The Balaban J connectivity index is 0.00000324. The van der Waals surface area contributed by atoms with E-state index in [0.29, 0.717) is 0 Å². The van der Waals surface area contributed by atoms with Gasteiger partial charge in [0.15, 0.2) is 0 Å². The first kappa shape index (κ1) is 18.3. The molecule has 1 aromatic carbocycles. The number of methoxy groups -OCH3 is 1. The molecule has 0 radical (unpaired) electrons. The Bertz CT molecular complexity index is 317. The Morgan fingerprint density at radius 2 is 1.68 bits per heavy atom. The molecule has 0 unspecified atom stereocenters. The number of nitrogens with one attached hydrogen (secondary N) is 1. The number of ether oxygens (including phenoxy) is 1. The molecule has 1 aromatic rings. The maximum atomic E-state index is 5.33. The fraction of sp³-hybridized carbons (Fsp3) is 0.625. The molecule has 1 rings (SSSR count). The van der Waals surface area contributed by atoms with Crippen molar-refractivity contribution in [3.63, 3.8) is 0 Å². The summed E-state index contributed by atoms with van der Waals surface area (Å²) < 4.78 is 5.33. The summed E-state index contributed by atoms with van der Waals surface area (Å²) in [5.41, 5.74) is 1.24. The number of rotatable bonds is 10. The Kier molecular flexibility index (Phi) is 11.8. The van der Waals surface area contributed by atoms with Gasteiger partial charge in [0.1, 0.15) is 5.75 Å². The van der Waals surface area contributed by atoms with Gasteiger partial charge in [-0.1, -0.05) is 57.2 Å². The third-order valence-electron chi connectivity index (χ3n) is 3.22. The Labute approximate surface area is 124 Å². The number of halogens is 1. The van der Waals surface area contributed by atoms with E-state index in [1.807, 2.05) is 12.1 Å². The van der Waals surface area contributed by atoms with Crippen LogP contribution in [-0.4, -0.2) is 13.7 Å². The van der Waals surface area contributed by atoms with E-state index in [9.17, 15) is 0 Å². The van der Waals surface area contributed by atoms with Crippen LogP contribution in [0.5, 0.6) is 5.75 Å². The smallest absolute Gasteiger partial charge is 0.123 e. The molecule has 2 nitrogen and oxygen atoms in total. The maximum Gasteiger partial charge on any atom is 0.123 e. The predicted octanol–water partition coefficient (Wildman–Crippen LogP) is 4.57. The summed E-state index contributed by atoms with van der Waals surface area (Å²) in [6, 6.07) is 8.20. The molecule has 0 spiro atoms. The Hall–Kier alpha value is -0.730. The largest absolute Gasteiger partial charge is 0.496 e. The molecule has 0 saturated carbocycles. The molecule has 0 aromatic heterocycles. The van der Waals surface area contributed by atoms with Crippen LogP contribution in [0.15, 0.2) is 24.3 Å². The van der Waals surface area contributed by atoms with Crippen molar-refractivity contribution < 1.29 is 4.74 Å². The van der Waals surface area contributed by atoms with Crippen LogP contribution in [0.2, 0.25) is 0 Å². The molecule has 0 aliphatic heterocycles. The predicted molar refractivity (Wildman–Crippen MR) is 85.3 cm³/mol. The van der Waals surface area contributed by atoms with Gasteiger partial charge in [0, 0.05) is 12.1 Å². The number of para-hydroxylation sites is 1. The minimum atomic E-state index is 0. The highest BCUT2D eigenvalue weighted by Gasteiger charge is 1.99. The molecular weight excluding hydrogens is 258 g/mol. The van der Waals surface area contributed by atoms with Crippen LogP contribution in [0, 0.1) is 0 Å². The lowest BCUT2D eigenvalue weighted by molar-refractivity contribution is 0.407. The van der Waals surface area contributed by atoms with E-state index in [2.05, 4.69) is 24.4 Å². The number of unbranched alkanes of at least 4 members (excludes halogenated alkanes) is 5. The first-order valence-electron chi connectivity index (χ1n) is 7.21. The van der Waals surface area contributed by atoms with E-state index < -0.39 is 0 Å². The van der Waals surface area contributed by atoms with Gasteiger partial charge in [0.25, 0.3) is 0 Å². The lowest BCUT2D eigenvalue weighted by atomic mass is 10.1. The zero-order valence-corrected chi connectivity index (χ0v) is 13.1. The van der Waals surface area contributed by atoms with E-state index in [-0.39, 0.29) is 12.4 Å². The van der Waals surface area contributed by atoms with Crippen LogP contribution in [0.25, 0.3) is 0 Å². The number of hydrogen-bond donors (Lipinski definition) is 1. The molecule has 19 heavy (non-hydrogen) atoms. The third-order valence-corrected chi connectivity index (χ3v) is 3.22. The van der Waals surface area contributed by atoms with Crippen LogP contribution in [0.4, 0.5) is 0 Å². The normalized spacial score (nSPS) is 10.0. The van der Waals surface area contributed by atoms with Gasteiger partial charge in [0.2, 0.25) is 0 Å². The molecule has 0 fully saturated rings. The summed E-state index contributed by atoms with van der Waals surface area (Å²) in [6.07, 6.45) is 8.10. The molecule has 3 heteroatoms. The average Bonchev–Trinajstić information content (AvgIpc) is 2.42. The molecule has 0 atom stereocenters. The minimum absolute atomic E-state index is 0. The van der Waals surface area contributed by atoms with Crippen molar-refractivity contribution in [3.8, 4) is 5.75 Å². The van der Waals surface area contributed by atoms with Crippen molar-refractivity contribution in [1.82, 2.24) is 5.32 Å². The Morgan fingerprint density at radius 1 is 1.00 bits per heavy atom. The lowest BCUT2D eigenvalue weighted by Gasteiger charge is -2.09. The molecule has 0 amide bonds. The molecule has 0 bridgehead atoms. The fourth-order valence-corrected chi connectivity index (χ4v) is 2.10. The van der Waals surface area contributed by atoms with E-state index in [4.69, 9.17) is 4.74 Å². The van der Waals surface area contributed by atoms with Crippen LogP contribution in [0.3, 0.4) is 0 Å². The monoisotopic (exact) mass is 285 g/mol. The van der Waals surface area contributed by atoms with E-state index in [1.54, 1.807) is 7.11 Å². The van der Waals surface area contributed by atoms with Gasteiger partial charge in [-0.2, -0.15) is 0 Å². The zero-order chi connectivity index (χ0) is 13.1. The second-order valence-electron chi connectivity index (χ2n) is 4.76. The summed E-state index contributed by atoms with van der Waals surface area (Å²) >= 11 is 0. The van der Waals surface area contributed by atoms with Gasteiger partial charge in [-0.25, -0.2) is 0 Å². The molecule has 0 aliphatic rings. The quantitative estimate of drug-likeness (QED) is 0.636. The highest BCUT2D eigenvalue weighted by atomic mass is 35.5. The molecule has 1 N–H and O–H groups in total. The first-order chi connectivity index (χ1) is 8.88. The van der Waals surface area contributed by atoms with E-state index in [0.717, 1.165) is 18.8 Å². The first-order valence-corrected chi connectivity index (χ1v) is 7.21. The van der Waals surface area contributed by atoms with Crippen molar-refractivity contribution in [2.45, 2.75) is 52.0 Å². The van der Waals surface area contributed by atoms with Gasteiger partial charge in [-0.05, 0) is 19.0 Å². The molecular formula is C16H28ClNO. The highest BCUT2D eigenvalue weighted by molar-refractivity contribution is 5.85. The number of hydrogen-bond acceptors (Lipinski definition) is 2. The summed E-state index contributed by atoms with van der Waals surface area (Å²) in [7, 11) is 1.73. The van der Waals surface area contributed by atoms with Crippen molar-refractivity contribution in [2.75, 3.05) is 13.7 Å². The second kappa shape index (κ2) is 12.3. The van der Waals surface area contributed by atoms with Gasteiger partial charge in [0.05, 0.1) is 7.11 Å². The SMILES string of the molecule is CCCCCCCCNCc1ccccc1OC.Cl. The van der Waals surface area contributed by atoms with E-state index in [1.165, 1.54) is 44.1 Å². The summed E-state index contributed by atoms with van der Waals surface area (Å²) in [5, 5.41) is 3.49. The van der Waals surface area contributed by atoms with Crippen LogP contribution in [0.1, 0.15) is 51.0 Å². The average molecular weight is 286 g/mol. The fourth-order valence-electron chi connectivity index (χ4n) is 2.10. The Morgan fingerprint density at radius 3 is 2.42 bits per heavy atom. The molecule has 0 saturated heterocycles. The maximum absolute atomic E-state index is 5.33. The minimum Gasteiger partial charge on any atom is -0.496 e. The summed E-state index contributed by atoms with van der Waals surface area (Å²) in [6.45, 7) is 4.26. The standard InChI is InChI=1S/C16H27NO.ClH/c1-3-4-5-6-7-10-13-17-14-15-11-8-9-12-16(15)18-2;/h8-9,11-12,17H,3-7,10,13-14H2,1-2H3;1H.